The Morgan fingerprint density at radius 1 is 1.18 bits per heavy atom. The second kappa shape index (κ2) is 6.24. The fraction of sp³-hybridized carbons (Fsp3) is 0.381. The summed E-state index contributed by atoms with van der Waals surface area (Å²) in [5, 5.41) is -1.19. The molecule has 0 saturated carbocycles. The second-order valence-corrected chi connectivity index (χ2v) is 9.74. The van der Waals surface area contributed by atoms with E-state index in [1.54, 1.807) is 56.6 Å². The quantitative estimate of drug-likeness (QED) is 0.791. The molecule has 2 aliphatic rings. The molecule has 4 rings (SSSR count). The van der Waals surface area contributed by atoms with Crippen molar-refractivity contribution in [1.82, 2.24) is 4.90 Å². The van der Waals surface area contributed by atoms with Crippen LogP contribution in [-0.4, -0.2) is 44.4 Å². The van der Waals surface area contributed by atoms with E-state index in [0.29, 0.717) is 17.9 Å². The zero-order valence-electron chi connectivity index (χ0n) is 16.3. The molecule has 2 aliphatic heterocycles. The molecule has 0 unspecified atom stereocenters. The number of carbonyl (C=O) groups is 1. The first-order valence-corrected chi connectivity index (χ1v) is 10.7. The summed E-state index contributed by atoms with van der Waals surface area (Å²) < 4.78 is 38.4. The molecule has 0 aromatic heterocycles. The van der Waals surface area contributed by atoms with E-state index in [-0.39, 0.29) is 4.90 Å². The van der Waals surface area contributed by atoms with E-state index in [1.807, 2.05) is 13.8 Å². The first-order valence-electron chi connectivity index (χ1n) is 9.12. The lowest BCUT2D eigenvalue weighted by molar-refractivity contribution is -0.159. The van der Waals surface area contributed by atoms with Crippen molar-refractivity contribution in [2.75, 3.05) is 14.2 Å². The Balaban J connectivity index is 1.88. The van der Waals surface area contributed by atoms with Crippen molar-refractivity contribution >= 4 is 15.7 Å². The average molecular weight is 401 g/mol. The molecule has 1 fully saturated rings. The molecular formula is C21H23NO5S. The van der Waals surface area contributed by atoms with Crippen LogP contribution < -0.4 is 9.47 Å². The maximum absolute atomic E-state index is 13.5. The van der Waals surface area contributed by atoms with Crippen LogP contribution in [0.5, 0.6) is 11.5 Å². The Bertz CT molecular complexity index is 1050. The number of amides is 1. The Kier molecular flexibility index (Phi) is 4.19. The Morgan fingerprint density at radius 3 is 2.50 bits per heavy atom. The minimum atomic E-state index is -3.87. The predicted molar refractivity (Wildman–Crippen MR) is 104 cm³/mol. The molecule has 1 saturated heterocycles. The SMILES string of the molecule is COc1ccc2c(c1)O[C@@]1(C)C[C@H]2[C@@H](S(=O)(=O)c2ccc(C)cc2)C(=O)N1C. The van der Waals surface area contributed by atoms with Crippen LogP contribution in [0.15, 0.2) is 47.4 Å². The van der Waals surface area contributed by atoms with E-state index in [9.17, 15) is 13.2 Å². The molecule has 2 heterocycles. The maximum Gasteiger partial charge on any atom is 0.244 e. The van der Waals surface area contributed by atoms with Crippen molar-refractivity contribution in [3.05, 3.63) is 53.6 Å². The molecule has 0 N–H and O–H groups in total. The molecule has 2 aromatic carbocycles. The van der Waals surface area contributed by atoms with Crippen LogP contribution in [0, 0.1) is 6.92 Å². The summed E-state index contributed by atoms with van der Waals surface area (Å²) in [4.78, 5) is 14.8. The molecule has 148 valence electrons. The van der Waals surface area contributed by atoms with Gasteiger partial charge in [0.2, 0.25) is 5.91 Å². The Hall–Kier alpha value is -2.54. The largest absolute Gasteiger partial charge is 0.497 e. The number of ether oxygens (including phenoxy) is 2. The number of hydrogen-bond acceptors (Lipinski definition) is 5. The number of carbonyl (C=O) groups excluding carboxylic acids is 1. The third kappa shape index (κ3) is 2.68. The van der Waals surface area contributed by atoms with Crippen molar-refractivity contribution in [2.24, 2.45) is 0 Å². The second-order valence-electron chi connectivity index (χ2n) is 7.67. The molecule has 0 spiro atoms. The zero-order valence-corrected chi connectivity index (χ0v) is 17.1. The van der Waals surface area contributed by atoms with E-state index in [4.69, 9.17) is 9.47 Å². The summed E-state index contributed by atoms with van der Waals surface area (Å²) in [5.74, 6) is 0.242. The minimum absolute atomic E-state index is 0.162. The highest BCUT2D eigenvalue weighted by Gasteiger charge is 2.57. The van der Waals surface area contributed by atoms with Crippen LogP contribution in [0.1, 0.15) is 30.4 Å². The number of aryl methyl sites for hydroxylation is 1. The normalized spacial score (nSPS) is 26.4. The van der Waals surface area contributed by atoms with Crippen LogP contribution in [0.3, 0.4) is 0 Å². The smallest absolute Gasteiger partial charge is 0.244 e. The monoisotopic (exact) mass is 401 g/mol. The van der Waals surface area contributed by atoms with Gasteiger partial charge in [-0.2, -0.15) is 0 Å². The highest BCUT2D eigenvalue weighted by molar-refractivity contribution is 7.92. The van der Waals surface area contributed by atoms with E-state index in [0.717, 1.165) is 11.1 Å². The van der Waals surface area contributed by atoms with Crippen molar-refractivity contribution in [2.45, 2.75) is 42.1 Å². The summed E-state index contributed by atoms with van der Waals surface area (Å²) in [6.45, 7) is 3.71. The Morgan fingerprint density at radius 2 is 1.86 bits per heavy atom. The highest BCUT2D eigenvalue weighted by Crippen LogP contribution is 2.50. The third-order valence-corrected chi connectivity index (χ3v) is 8.01. The zero-order chi connectivity index (χ0) is 20.3. The lowest BCUT2D eigenvalue weighted by atomic mass is 9.80. The number of piperidine rings is 1. The van der Waals surface area contributed by atoms with Gasteiger partial charge in [0.25, 0.3) is 0 Å². The molecule has 2 aromatic rings. The number of likely N-dealkylation sites (tertiary alicyclic amines) is 1. The van der Waals surface area contributed by atoms with Crippen LogP contribution in [0.25, 0.3) is 0 Å². The molecule has 3 atom stereocenters. The van der Waals surface area contributed by atoms with Gasteiger partial charge >= 0.3 is 0 Å². The number of rotatable bonds is 3. The van der Waals surface area contributed by atoms with Gasteiger partial charge in [0, 0.05) is 25.5 Å². The van der Waals surface area contributed by atoms with Gasteiger partial charge in [-0.05, 0) is 37.6 Å². The van der Waals surface area contributed by atoms with Crippen LogP contribution in [0.2, 0.25) is 0 Å². The molecule has 0 radical (unpaired) electrons. The van der Waals surface area contributed by atoms with Gasteiger partial charge in [-0.3, -0.25) is 4.79 Å². The van der Waals surface area contributed by atoms with E-state index >= 15 is 0 Å². The average Bonchev–Trinajstić information content (AvgIpc) is 2.66. The van der Waals surface area contributed by atoms with Gasteiger partial charge in [-0.15, -0.1) is 0 Å². The number of benzene rings is 2. The predicted octanol–water partition coefficient (Wildman–Crippen LogP) is 2.90. The fourth-order valence-electron chi connectivity index (χ4n) is 4.13. The van der Waals surface area contributed by atoms with Gasteiger partial charge < -0.3 is 14.4 Å². The first kappa shape index (κ1) is 18.8. The standard InChI is InChI=1S/C21H23NO5S/c1-13-5-8-15(9-6-13)28(24,25)19-17-12-21(2,22(3)20(19)23)27-18-11-14(26-4)7-10-16(17)18/h5-11,17,19H,12H2,1-4H3/t17-,19-,21+/m1/s1. The number of sulfone groups is 1. The van der Waals surface area contributed by atoms with Crippen LogP contribution in [0.4, 0.5) is 0 Å². The van der Waals surface area contributed by atoms with Gasteiger partial charge in [-0.25, -0.2) is 8.42 Å². The third-order valence-electron chi connectivity index (χ3n) is 5.88. The van der Waals surface area contributed by atoms with Crippen molar-refractivity contribution in [3.8, 4) is 11.5 Å². The van der Waals surface area contributed by atoms with Crippen molar-refractivity contribution < 1.29 is 22.7 Å². The molecule has 6 nitrogen and oxygen atoms in total. The first-order chi connectivity index (χ1) is 13.2. The summed E-state index contributed by atoms with van der Waals surface area (Å²) >= 11 is 0. The minimum Gasteiger partial charge on any atom is -0.497 e. The summed E-state index contributed by atoms with van der Waals surface area (Å²) in [7, 11) is -0.713. The van der Waals surface area contributed by atoms with Gasteiger partial charge in [0.1, 0.15) is 11.5 Å². The van der Waals surface area contributed by atoms with E-state index < -0.39 is 32.6 Å². The lowest BCUT2D eigenvalue weighted by Crippen LogP contribution is -2.64. The summed E-state index contributed by atoms with van der Waals surface area (Å²) in [6.07, 6.45) is 0.407. The number of hydrogen-bond donors (Lipinski definition) is 0. The number of fused-ring (bicyclic) bond motifs is 4. The van der Waals surface area contributed by atoms with Crippen LogP contribution >= 0.6 is 0 Å². The highest BCUT2D eigenvalue weighted by atomic mass is 32.2. The number of nitrogens with zero attached hydrogens (tertiary/aromatic N) is 1. The Labute approximate surface area is 165 Å². The molecule has 28 heavy (non-hydrogen) atoms. The topological polar surface area (TPSA) is 72.9 Å². The molecular weight excluding hydrogens is 378 g/mol. The lowest BCUT2D eigenvalue weighted by Gasteiger charge is -2.51. The van der Waals surface area contributed by atoms with Crippen molar-refractivity contribution in [3.63, 3.8) is 0 Å². The van der Waals surface area contributed by atoms with Gasteiger partial charge in [-0.1, -0.05) is 23.8 Å². The van der Waals surface area contributed by atoms with Gasteiger partial charge in [0.05, 0.1) is 12.0 Å². The van der Waals surface area contributed by atoms with E-state index in [1.165, 1.54) is 4.90 Å². The molecule has 1 amide bonds. The summed E-state index contributed by atoms with van der Waals surface area (Å²) in [6, 6.07) is 11.9. The number of methoxy groups -OCH3 is 1. The van der Waals surface area contributed by atoms with Gasteiger partial charge in [0.15, 0.2) is 20.8 Å². The maximum atomic E-state index is 13.5. The fourth-order valence-corrected chi connectivity index (χ4v) is 6.04. The van der Waals surface area contributed by atoms with E-state index in [2.05, 4.69) is 0 Å². The van der Waals surface area contributed by atoms with Crippen LogP contribution in [-0.2, 0) is 14.6 Å². The van der Waals surface area contributed by atoms with Crippen molar-refractivity contribution in [1.29, 1.82) is 0 Å². The molecule has 0 aliphatic carbocycles. The summed E-state index contributed by atoms with van der Waals surface area (Å²) in [5.41, 5.74) is 0.781. The molecule has 7 heteroatoms. The molecule has 2 bridgehead atoms.